The van der Waals surface area contributed by atoms with Gasteiger partial charge in [-0.15, -0.1) is 11.3 Å². The molecule has 0 unspecified atom stereocenters. The normalized spacial score (nSPS) is 10.8. The van der Waals surface area contributed by atoms with Crippen LogP contribution in [-0.2, 0) is 0 Å². The molecule has 31 heavy (non-hydrogen) atoms. The Kier molecular flexibility index (Phi) is 5.26. The Bertz CT molecular complexity index is 1280. The monoisotopic (exact) mass is 433 g/mol. The summed E-state index contributed by atoms with van der Waals surface area (Å²) < 4.78 is 0. The van der Waals surface area contributed by atoms with Gasteiger partial charge in [0.05, 0.1) is 11.3 Å². The number of aromatic hydroxyl groups is 2. The second-order valence-electron chi connectivity index (χ2n) is 6.97. The Balaban J connectivity index is 1.67. The number of aromatic nitrogens is 3. The number of phenols is 2. The topological polar surface area (TPSA) is 134 Å². The second-order valence-corrected chi connectivity index (χ2v) is 7.82. The summed E-state index contributed by atoms with van der Waals surface area (Å²) in [6.07, 6.45) is 0. The highest BCUT2D eigenvalue weighted by Crippen LogP contribution is 2.33. The van der Waals surface area contributed by atoms with Gasteiger partial charge < -0.3 is 21.3 Å². The quantitative estimate of drug-likeness (QED) is 0.348. The molecule has 0 bridgehead atoms. The molecule has 0 spiro atoms. The summed E-state index contributed by atoms with van der Waals surface area (Å²) in [5.41, 5.74) is 10.0. The van der Waals surface area contributed by atoms with Gasteiger partial charge in [-0.25, -0.2) is 15.0 Å². The number of nitrogens with zero attached hydrogens (tertiary/aromatic N) is 3. The molecule has 0 radical (unpaired) electrons. The van der Waals surface area contributed by atoms with E-state index in [0.29, 0.717) is 39.0 Å². The van der Waals surface area contributed by atoms with Crippen LogP contribution in [0.25, 0.3) is 22.6 Å². The zero-order valence-corrected chi connectivity index (χ0v) is 17.6. The molecule has 0 aliphatic carbocycles. The summed E-state index contributed by atoms with van der Waals surface area (Å²) in [5.74, 6) is -0.532. The first-order valence-corrected chi connectivity index (χ1v) is 10.2. The number of primary amides is 1. The maximum absolute atomic E-state index is 11.9. The second kappa shape index (κ2) is 8.04. The highest BCUT2D eigenvalue weighted by atomic mass is 32.1. The first kappa shape index (κ1) is 20.3. The Morgan fingerprint density at radius 2 is 1.71 bits per heavy atom. The van der Waals surface area contributed by atoms with E-state index in [1.165, 1.54) is 23.5 Å². The molecule has 156 valence electrons. The van der Waals surface area contributed by atoms with Crippen LogP contribution in [0.4, 0.5) is 10.8 Å². The molecule has 0 fully saturated rings. The van der Waals surface area contributed by atoms with Gasteiger partial charge in [-0.05, 0) is 56.3 Å². The minimum absolute atomic E-state index is 0.187. The van der Waals surface area contributed by atoms with E-state index in [0.717, 1.165) is 11.4 Å². The maximum atomic E-state index is 11.9. The number of carbonyl (C=O) groups excluding carboxylic acids is 1. The molecule has 2 aromatic carbocycles. The highest BCUT2D eigenvalue weighted by molar-refractivity contribution is 7.14. The number of phenolic OH excluding ortho intramolecular Hbond substituents is 2. The average Bonchev–Trinajstić information content (AvgIpc) is 3.17. The predicted molar refractivity (Wildman–Crippen MR) is 120 cm³/mol. The maximum Gasteiger partial charge on any atom is 0.249 e. The predicted octanol–water partition coefficient (Wildman–Crippen LogP) is 4.14. The van der Waals surface area contributed by atoms with Crippen LogP contribution in [0.2, 0.25) is 0 Å². The number of nitrogens with two attached hydrogens (primary N) is 1. The van der Waals surface area contributed by atoms with Crippen LogP contribution in [0.5, 0.6) is 11.5 Å². The van der Waals surface area contributed by atoms with E-state index >= 15 is 0 Å². The molecule has 9 heteroatoms. The van der Waals surface area contributed by atoms with Crippen molar-refractivity contribution in [3.05, 3.63) is 64.8 Å². The minimum atomic E-state index is -0.562. The van der Waals surface area contributed by atoms with Crippen LogP contribution in [-0.4, -0.2) is 31.1 Å². The van der Waals surface area contributed by atoms with Crippen molar-refractivity contribution in [3.8, 4) is 34.1 Å². The fourth-order valence-corrected chi connectivity index (χ4v) is 3.88. The highest BCUT2D eigenvalue weighted by Gasteiger charge is 2.15. The molecule has 1 amide bonds. The molecule has 0 aliphatic rings. The first-order chi connectivity index (χ1) is 14.8. The summed E-state index contributed by atoms with van der Waals surface area (Å²) in [5, 5.41) is 24.9. The van der Waals surface area contributed by atoms with Gasteiger partial charge in [-0.1, -0.05) is 0 Å². The number of aryl methyl sites for hydroxylation is 2. The third-order valence-corrected chi connectivity index (χ3v) is 5.29. The SMILES string of the molecule is Cc1cc(C)nc(-c2cc(Nc3nc(-c4ccc(O)c(O)c4)cs3)ccc2C(N)=O)n1. The zero-order chi connectivity index (χ0) is 22.1. The van der Waals surface area contributed by atoms with Gasteiger partial charge in [0.1, 0.15) is 0 Å². The van der Waals surface area contributed by atoms with E-state index in [-0.39, 0.29) is 11.5 Å². The van der Waals surface area contributed by atoms with Crippen LogP contribution >= 0.6 is 11.3 Å². The van der Waals surface area contributed by atoms with E-state index < -0.39 is 5.91 Å². The summed E-state index contributed by atoms with van der Waals surface area (Å²) >= 11 is 1.38. The number of rotatable bonds is 5. The van der Waals surface area contributed by atoms with Gasteiger partial charge in [-0.3, -0.25) is 4.79 Å². The van der Waals surface area contributed by atoms with Crippen LogP contribution in [0, 0.1) is 13.8 Å². The van der Waals surface area contributed by atoms with Crippen molar-refractivity contribution in [3.63, 3.8) is 0 Å². The first-order valence-electron chi connectivity index (χ1n) is 9.31. The van der Waals surface area contributed by atoms with Crippen molar-refractivity contribution < 1.29 is 15.0 Å². The largest absolute Gasteiger partial charge is 0.504 e. The third kappa shape index (κ3) is 4.31. The van der Waals surface area contributed by atoms with Gasteiger partial charge in [0.15, 0.2) is 22.5 Å². The molecular formula is C22H19N5O3S. The molecule has 4 rings (SSSR count). The third-order valence-electron chi connectivity index (χ3n) is 4.53. The van der Waals surface area contributed by atoms with Crippen molar-refractivity contribution in [2.24, 2.45) is 5.73 Å². The number of carbonyl (C=O) groups is 1. The van der Waals surface area contributed by atoms with Gasteiger partial charge in [0.2, 0.25) is 5.91 Å². The van der Waals surface area contributed by atoms with Gasteiger partial charge in [-0.2, -0.15) is 0 Å². The van der Waals surface area contributed by atoms with Gasteiger partial charge >= 0.3 is 0 Å². The molecule has 2 aromatic heterocycles. The van der Waals surface area contributed by atoms with E-state index in [9.17, 15) is 15.0 Å². The smallest absolute Gasteiger partial charge is 0.249 e. The Morgan fingerprint density at radius 3 is 2.39 bits per heavy atom. The fraction of sp³-hybridized carbons (Fsp3) is 0.0909. The van der Waals surface area contributed by atoms with E-state index in [2.05, 4.69) is 20.3 Å². The molecule has 4 aromatic rings. The van der Waals surface area contributed by atoms with Crippen LogP contribution in [0.15, 0.2) is 47.8 Å². The number of thiazole rings is 1. The molecule has 5 N–H and O–H groups in total. The van der Waals surface area contributed by atoms with Crippen molar-refractivity contribution in [2.75, 3.05) is 5.32 Å². The van der Waals surface area contributed by atoms with E-state index in [1.807, 2.05) is 25.3 Å². The van der Waals surface area contributed by atoms with Gasteiger partial charge in [0.25, 0.3) is 0 Å². The lowest BCUT2D eigenvalue weighted by Gasteiger charge is -2.10. The number of amides is 1. The standard InChI is InChI=1S/C22H19N5O3S/c1-11-7-12(2)25-21(24-11)16-9-14(4-5-15(16)20(23)30)26-22-27-17(10-31-22)13-3-6-18(28)19(29)8-13/h3-10,28-29H,1-2H3,(H2,23,30)(H,26,27). The summed E-state index contributed by atoms with van der Waals surface area (Å²) in [4.78, 5) is 25.4. The summed E-state index contributed by atoms with van der Waals surface area (Å²) in [6.45, 7) is 3.73. The molecule has 2 heterocycles. The molecule has 8 nitrogen and oxygen atoms in total. The summed E-state index contributed by atoms with van der Waals surface area (Å²) in [6, 6.07) is 11.5. The molecule has 0 saturated carbocycles. The Labute approximate surface area is 182 Å². The average molecular weight is 433 g/mol. The summed E-state index contributed by atoms with van der Waals surface area (Å²) in [7, 11) is 0. The minimum Gasteiger partial charge on any atom is -0.504 e. The number of hydrogen-bond acceptors (Lipinski definition) is 8. The Morgan fingerprint density at radius 1 is 0.968 bits per heavy atom. The van der Waals surface area contributed by atoms with Crippen molar-refractivity contribution in [2.45, 2.75) is 13.8 Å². The molecule has 0 aliphatic heterocycles. The lowest BCUT2D eigenvalue weighted by molar-refractivity contribution is 0.100. The lowest BCUT2D eigenvalue weighted by Crippen LogP contribution is -2.13. The van der Waals surface area contributed by atoms with Crippen LogP contribution in [0.3, 0.4) is 0 Å². The van der Waals surface area contributed by atoms with E-state index in [1.54, 1.807) is 24.3 Å². The fourth-order valence-electron chi connectivity index (χ4n) is 3.14. The molecule has 0 saturated heterocycles. The van der Waals surface area contributed by atoms with Crippen molar-refractivity contribution in [1.82, 2.24) is 15.0 Å². The number of hydrogen-bond donors (Lipinski definition) is 4. The lowest BCUT2D eigenvalue weighted by atomic mass is 10.0. The van der Waals surface area contributed by atoms with Crippen LogP contribution < -0.4 is 11.1 Å². The Hall–Kier alpha value is -3.98. The number of anilines is 2. The molecule has 0 atom stereocenters. The zero-order valence-electron chi connectivity index (χ0n) is 16.7. The van der Waals surface area contributed by atoms with Gasteiger partial charge in [0, 0.05) is 33.6 Å². The molecular weight excluding hydrogens is 414 g/mol. The van der Waals surface area contributed by atoms with Crippen molar-refractivity contribution in [1.29, 1.82) is 0 Å². The van der Waals surface area contributed by atoms with E-state index in [4.69, 9.17) is 5.73 Å². The van der Waals surface area contributed by atoms with Crippen LogP contribution in [0.1, 0.15) is 21.7 Å². The number of nitrogens with one attached hydrogen (secondary N) is 1. The van der Waals surface area contributed by atoms with Crippen molar-refractivity contribution >= 4 is 28.1 Å². The number of benzene rings is 2.